The average molecular weight is 322 g/mol. The molecule has 24 heavy (non-hydrogen) atoms. The van der Waals surface area contributed by atoms with E-state index in [4.69, 9.17) is 0 Å². The number of rotatable bonds is 3. The van der Waals surface area contributed by atoms with Gasteiger partial charge in [0.25, 0.3) is 0 Å². The maximum Gasteiger partial charge on any atom is 0.231 e. The van der Waals surface area contributed by atoms with Crippen LogP contribution in [-0.2, 0) is 11.3 Å². The predicted octanol–water partition coefficient (Wildman–Crippen LogP) is 2.41. The van der Waals surface area contributed by atoms with Gasteiger partial charge in [0.15, 0.2) is 0 Å². The molecule has 0 unspecified atom stereocenters. The fraction of sp³-hybridized carbons (Fsp3) is 0.421. The van der Waals surface area contributed by atoms with Crippen LogP contribution < -0.4 is 4.90 Å². The first kappa shape index (κ1) is 15.1. The van der Waals surface area contributed by atoms with Gasteiger partial charge in [-0.2, -0.15) is 0 Å². The van der Waals surface area contributed by atoms with Crippen molar-refractivity contribution in [2.45, 2.75) is 26.3 Å². The number of amides is 1. The van der Waals surface area contributed by atoms with Crippen LogP contribution >= 0.6 is 0 Å². The fourth-order valence-electron chi connectivity index (χ4n) is 3.95. The van der Waals surface area contributed by atoms with Gasteiger partial charge in [0.2, 0.25) is 11.9 Å². The first-order chi connectivity index (χ1) is 11.7. The standard InChI is InChI=1S/C19H22N4O/c1-15-4-2-5-16(12-15)13-22-10-6-19(17(22)24)7-11-23(14-19)18-20-8-3-9-21-18/h2-5,8-9,12H,6-7,10-11,13-14H2,1H3/t19-/m1/s1. The third-order valence-electron chi connectivity index (χ3n) is 5.25. The van der Waals surface area contributed by atoms with E-state index in [1.54, 1.807) is 12.4 Å². The van der Waals surface area contributed by atoms with Crippen molar-refractivity contribution in [3.05, 3.63) is 53.9 Å². The van der Waals surface area contributed by atoms with Crippen LogP contribution in [0.2, 0.25) is 0 Å². The Hall–Kier alpha value is -2.43. The van der Waals surface area contributed by atoms with Crippen LogP contribution in [0.3, 0.4) is 0 Å². The van der Waals surface area contributed by atoms with E-state index >= 15 is 0 Å². The minimum atomic E-state index is -0.247. The van der Waals surface area contributed by atoms with E-state index in [-0.39, 0.29) is 5.41 Å². The van der Waals surface area contributed by atoms with Gasteiger partial charge in [0, 0.05) is 38.6 Å². The molecule has 2 aliphatic heterocycles. The first-order valence-corrected chi connectivity index (χ1v) is 8.53. The fourth-order valence-corrected chi connectivity index (χ4v) is 3.95. The molecule has 5 nitrogen and oxygen atoms in total. The number of benzene rings is 1. The summed E-state index contributed by atoms with van der Waals surface area (Å²) in [7, 11) is 0. The highest BCUT2D eigenvalue weighted by Crippen LogP contribution is 2.41. The number of carbonyl (C=O) groups excluding carboxylic acids is 1. The normalized spacial score (nSPS) is 23.5. The molecule has 1 atom stereocenters. The molecule has 0 radical (unpaired) electrons. The molecule has 1 amide bonds. The number of anilines is 1. The van der Waals surface area contributed by atoms with E-state index in [1.165, 1.54) is 11.1 Å². The maximum atomic E-state index is 13.1. The highest BCUT2D eigenvalue weighted by molar-refractivity contribution is 5.86. The van der Waals surface area contributed by atoms with Gasteiger partial charge in [-0.25, -0.2) is 9.97 Å². The van der Waals surface area contributed by atoms with Crippen LogP contribution in [0.1, 0.15) is 24.0 Å². The predicted molar refractivity (Wildman–Crippen MR) is 92.5 cm³/mol. The average Bonchev–Trinajstić information content (AvgIpc) is 3.16. The van der Waals surface area contributed by atoms with E-state index in [9.17, 15) is 4.79 Å². The summed E-state index contributed by atoms with van der Waals surface area (Å²) in [4.78, 5) is 25.9. The van der Waals surface area contributed by atoms with Gasteiger partial charge in [-0.15, -0.1) is 0 Å². The molecule has 1 aromatic heterocycles. The second-order valence-electron chi connectivity index (χ2n) is 6.97. The summed E-state index contributed by atoms with van der Waals surface area (Å²) < 4.78 is 0. The Balaban J connectivity index is 1.47. The van der Waals surface area contributed by atoms with Crippen molar-refractivity contribution in [3.63, 3.8) is 0 Å². The zero-order valence-corrected chi connectivity index (χ0v) is 14.0. The zero-order chi connectivity index (χ0) is 16.6. The van der Waals surface area contributed by atoms with Gasteiger partial charge in [0.05, 0.1) is 5.41 Å². The number of aryl methyl sites for hydroxylation is 1. The maximum absolute atomic E-state index is 13.1. The van der Waals surface area contributed by atoms with Crippen molar-refractivity contribution >= 4 is 11.9 Å². The highest BCUT2D eigenvalue weighted by atomic mass is 16.2. The van der Waals surface area contributed by atoms with Crippen molar-refractivity contribution in [3.8, 4) is 0 Å². The van der Waals surface area contributed by atoms with Crippen molar-refractivity contribution in [1.29, 1.82) is 0 Å². The summed E-state index contributed by atoms with van der Waals surface area (Å²) in [5.74, 6) is 1.03. The number of hydrogen-bond acceptors (Lipinski definition) is 4. The van der Waals surface area contributed by atoms with Crippen LogP contribution in [0, 0.1) is 12.3 Å². The Morgan fingerprint density at radius 1 is 1.12 bits per heavy atom. The van der Waals surface area contributed by atoms with Crippen LogP contribution in [-0.4, -0.2) is 40.4 Å². The molecular formula is C19H22N4O. The Morgan fingerprint density at radius 2 is 1.92 bits per heavy atom. The summed E-state index contributed by atoms with van der Waals surface area (Å²) in [5.41, 5.74) is 2.20. The van der Waals surface area contributed by atoms with Gasteiger partial charge in [-0.3, -0.25) is 4.79 Å². The molecule has 1 spiro atoms. The van der Waals surface area contributed by atoms with E-state index in [1.807, 2.05) is 11.0 Å². The summed E-state index contributed by atoms with van der Waals surface area (Å²) in [5, 5.41) is 0. The number of likely N-dealkylation sites (tertiary alicyclic amines) is 1. The lowest BCUT2D eigenvalue weighted by atomic mass is 9.85. The molecule has 124 valence electrons. The number of nitrogens with zero attached hydrogens (tertiary/aromatic N) is 4. The molecule has 2 saturated heterocycles. The summed E-state index contributed by atoms with van der Waals surface area (Å²) in [6.07, 6.45) is 5.34. The zero-order valence-electron chi connectivity index (χ0n) is 14.0. The molecule has 2 fully saturated rings. The van der Waals surface area contributed by atoms with Gasteiger partial charge >= 0.3 is 0 Å². The molecule has 0 bridgehead atoms. The third kappa shape index (κ3) is 2.64. The van der Waals surface area contributed by atoms with Crippen molar-refractivity contribution < 1.29 is 4.79 Å². The Kier molecular flexibility index (Phi) is 3.71. The largest absolute Gasteiger partial charge is 0.340 e. The summed E-state index contributed by atoms with van der Waals surface area (Å²) in [6.45, 7) is 5.24. The summed E-state index contributed by atoms with van der Waals surface area (Å²) >= 11 is 0. The van der Waals surface area contributed by atoms with Gasteiger partial charge in [-0.05, 0) is 31.4 Å². The van der Waals surface area contributed by atoms with E-state index in [0.29, 0.717) is 12.5 Å². The first-order valence-electron chi connectivity index (χ1n) is 8.53. The third-order valence-corrected chi connectivity index (χ3v) is 5.25. The van der Waals surface area contributed by atoms with Crippen LogP contribution in [0.5, 0.6) is 0 Å². The van der Waals surface area contributed by atoms with Crippen LogP contribution in [0.4, 0.5) is 5.95 Å². The molecule has 1 aromatic carbocycles. The topological polar surface area (TPSA) is 49.3 Å². The quantitative estimate of drug-likeness (QED) is 0.871. The molecule has 0 aliphatic carbocycles. The Labute approximate surface area is 142 Å². The second-order valence-corrected chi connectivity index (χ2v) is 6.97. The van der Waals surface area contributed by atoms with Crippen molar-refractivity contribution in [2.24, 2.45) is 5.41 Å². The van der Waals surface area contributed by atoms with Crippen molar-refractivity contribution in [2.75, 3.05) is 24.5 Å². The number of aromatic nitrogens is 2. The highest BCUT2D eigenvalue weighted by Gasteiger charge is 2.51. The van der Waals surface area contributed by atoms with E-state index < -0.39 is 0 Å². The molecule has 0 saturated carbocycles. The smallest absolute Gasteiger partial charge is 0.231 e. The molecule has 4 rings (SSSR count). The molecular weight excluding hydrogens is 300 g/mol. The van der Waals surface area contributed by atoms with E-state index in [2.05, 4.69) is 46.1 Å². The van der Waals surface area contributed by atoms with Crippen LogP contribution in [0.15, 0.2) is 42.7 Å². The van der Waals surface area contributed by atoms with Gasteiger partial charge < -0.3 is 9.80 Å². The molecule has 0 N–H and O–H groups in total. The minimum absolute atomic E-state index is 0.247. The SMILES string of the molecule is Cc1cccc(CN2CC[C@]3(CCN(c4ncccn4)C3)C2=O)c1. The lowest BCUT2D eigenvalue weighted by Gasteiger charge is -2.23. The Morgan fingerprint density at radius 3 is 2.71 bits per heavy atom. The minimum Gasteiger partial charge on any atom is -0.340 e. The van der Waals surface area contributed by atoms with Gasteiger partial charge in [-0.1, -0.05) is 29.8 Å². The lowest BCUT2D eigenvalue weighted by Crippen LogP contribution is -2.37. The number of hydrogen-bond donors (Lipinski definition) is 0. The molecule has 3 heterocycles. The molecule has 2 aliphatic rings. The molecule has 2 aromatic rings. The van der Waals surface area contributed by atoms with Gasteiger partial charge in [0.1, 0.15) is 0 Å². The van der Waals surface area contributed by atoms with Crippen molar-refractivity contribution in [1.82, 2.24) is 14.9 Å². The Bertz CT molecular complexity index is 748. The monoisotopic (exact) mass is 322 g/mol. The summed E-state index contributed by atoms with van der Waals surface area (Å²) in [6, 6.07) is 10.2. The van der Waals surface area contributed by atoms with Crippen LogP contribution in [0.25, 0.3) is 0 Å². The van der Waals surface area contributed by atoms with E-state index in [0.717, 1.165) is 38.4 Å². The molecule has 5 heteroatoms. The number of carbonyl (C=O) groups is 1. The lowest BCUT2D eigenvalue weighted by molar-refractivity contribution is -0.135. The second kappa shape index (κ2) is 5.89.